The molecule has 5 nitrogen and oxygen atoms in total. The number of ether oxygens (including phenoxy) is 2. The van der Waals surface area contributed by atoms with Crippen LogP contribution < -0.4 is 10.5 Å². The molecular weight excluding hydrogens is 456 g/mol. The van der Waals surface area contributed by atoms with Gasteiger partial charge in [-0.15, -0.1) is 0 Å². The minimum atomic E-state index is -0.506. The Bertz CT molecular complexity index is 1160. The van der Waals surface area contributed by atoms with E-state index in [1.807, 2.05) is 44.2 Å². The number of nitrogens with zero attached hydrogens (tertiary/aromatic N) is 1. The zero-order chi connectivity index (χ0) is 22.1. The smallest absolute Gasteiger partial charge is 0.205 e. The molecule has 0 radical (unpaired) electrons. The average Bonchev–Trinajstić information content (AvgIpc) is 2.74. The Morgan fingerprint density at radius 1 is 1.19 bits per heavy atom. The maximum absolute atomic E-state index is 12.8. The van der Waals surface area contributed by atoms with Gasteiger partial charge in [-0.1, -0.05) is 28.1 Å². The van der Waals surface area contributed by atoms with Gasteiger partial charge in [0.2, 0.25) is 5.88 Å². The summed E-state index contributed by atoms with van der Waals surface area (Å²) in [5.41, 5.74) is 10.9. The number of carbonyl (C=O) groups is 1. The molecule has 31 heavy (non-hydrogen) atoms. The van der Waals surface area contributed by atoms with Gasteiger partial charge in [-0.25, -0.2) is 0 Å². The van der Waals surface area contributed by atoms with Gasteiger partial charge in [0.1, 0.15) is 29.8 Å². The van der Waals surface area contributed by atoms with Gasteiger partial charge in [-0.05, 0) is 66.8 Å². The van der Waals surface area contributed by atoms with Crippen LogP contribution in [0.1, 0.15) is 47.4 Å². The van der Waals surface area contributed by atoms with Crippen LogP contribution in [-0.4, -0.2) is 5.78 Å². The van der Waals surface area contributed by atoms with Crippen LogP contribution in [0.3, 0.4) is 0 Å². The molecule has 0 saturated heterocycles. The average molecular weight is 479 g/mol. The first-order valence-electron chi connectivity index (χ1n) is 10.2. The highest BCUT2D eigenvalue weighted by molar-refractivity contribution is 9.10. The molecule has 158 valence electrons. The van der Waals surface area contributed by atoms with E-state index in [0.29, 0.717) is 36.4 Å². The van der Waals surface area contributed by atoms with E-state index >= 15 is 0 Å². The molecule has 0 amide bonds. The predicted molar refractivity (Wildman–Crippen MR) is 121 cm³/mol. The molecule has 0 aromatic heterocycles. The number of hydrogen-bond acceptors (Lipinski definition) is 5. The van der Waals surface area contributed by atoms with Gasteiger partial charge in [0.25, 0.3) is 0 Å². The summed E-state index contributed by atoms with van der Waals surface area (Å²) >= 11 is 3.43. The molecule has 1 aliphatic carbocycles. The molecular formula is C25H23BrN2O3. The Morgan fingerprint density at radius 2 is 1.94 bits per heavy atom. The van der Waals surface area contributed by atoms with Crippen molar-refractivity contribution in [3.8, 4) is 11.8 Å². The van der Waals surface area contributed by atoms with Crippen molar-refractivity contribution in [2.24, 2.45) is 5.73 Å². The Labute approximate surface area is 190 Å². The Morgan fingerprint density at radius 3 is 2.65 bits per heavy atom. The highest BCUT2D eigenvalue weighted by atomic mass is 79.9. The number of carbonyl (C=O) groups excluding carboxylic acids is 1. The zero-order valence-electron chi connectivity index (χ0n) is 17.5. The second kappa shape index (κ2) is 8.60. The van der Waals surface area contributed by atoms with E-state index in [4.69, 9.17) is 15.2 Å². The number of halogens is 1. The van der Waals surface area contributed by atoms with Crippen LogP contribution in [0.4, 0.5) is 0 Å². The van der Waals surface area contributed by atoms with Crippen molar-refractivity contribution < 1.29 is 14.3 Å². The Kier molecular flexibility index (Phi) is 5.88. The van der Waals surface area contributed by atoms with E-state index in [-0.39, 0.29) is 11.7 Å². The molecule has 2 N–H and O–H groups in total. The zero-order valence-corrected chi connectivity index (χ0v) is 19.1. The first-order valence-corrected chi connectivity index (χ1v) is 11.0. The van der Waals surface area contributed by atoms with Gasteiger partial charge >= 0.3 is 0 Å². The molecule has 0 spiro atoms. The number of benzene rings is 2. The number of rotatable bonds is 4. The Hall–Kier alpha value is -3.04. The highest BCUT2D eigenvalue weighted by Gasteiger charge is 2.38. The fourth-order valence-corrected chi connectivity index (χ4v) is 4.51. The van der Waals surface area contributed by atoms with Crippen LogP contribution >= 0.6 is 15.9 Å². The van der Waals surface area contributed by atoms with E-state index in [2.05, 4.69) is 28.1 Å². The van der Waals surface area contributed by atoms with Crippen molar-refractivity contribution in [2.45, 2.75) is 45.6 Å². The van der Waals surface area contributed by atoms with E-state index in [1.54, 1.807) is 0 Å². The van der Waals surface area contributed by atoms with Crippen LogP contribution in [0.15, 0.2) is 63.7 Å². The summed E-state index contributed by atoms with van der Waals surface area (Å²) in [5.74, 6) is 0.983. The summed E-state index contributed by atoms with van der Waals surface area (Å²) in [6.45, 7) is 4.41. The first kappa shape index (κ1) is 21.2. The molecule has 0 fully saturated rings. The molecule has 0 unspecified atom stereocenters. The summed E-state index contributed by atoms with van der Waals surface area (Å²) in [6.07, 6.45) is 1.85. The lowest BCUT2D eigenvalue weighted by Gasteiger charge is -2.32. The number of nitrogens with two attached hydrogens (primary N) is 1. The number of ketones is 1. The second-order valence-electron chi connectivity index (χ2n) is 7.92. The van der Waals surface area contributed by atoms with Gasteiger partial charge in [-0.3, -0.25) is 4.79 Å². The van der Waals surface area contributed by atoms with Crippen molar-refractivity contribution in [2.75, 3.05) is 0 Å². The lowest BCUT2D eigenvalue weighted by molar-refractivity contribution is -0.116. The normalized spacial score (nSPS) is 18.4. The summed E-state index contributed by atoms with van der Waals surface area (Å²) in [6, 6.07) is 14.0. The third kappa shape index (κ3) is 4.11. The standard InChI is InChI=1S/C25H23BrN2O3/c1-14-10-15(2)19(11-16(14)13-30-18-8-6-17(26)7-9-18)23-20(12-27)25(28)31-22-5-3-4-21(29)24(22)23/h6-11,23H,3-5,13,28H2,1-2H3/t23-/m0/s1. The number of aryl methyl sites for hydroxylation is 2. The quantitative estimate of drug-likeness (QED) is 0.630. The fraction of sp³-hybridized carbons (Fsp3) is 0.280. The van der Waals surface area contributed by atoms with E-state index in [9.17, 15) is 10.1 Å². The van der Waals surface area contributed by atoms with Crippen LogP contribution in [-0.2, 0) is 16.1 Å². The minimum Gasteiger partial charge on any atom is -0.489 e. The number of hydrogen-bond donors (Lipinski definition) is 1. The van der Waals surface area contributed by atoms with Crippen LogP contribution in [0.2, 0.25) is 0 Å². The second-order valence-corrected chi connectivity index (χ2v) is 8.83. The highest BCUT2D eigenvalue weighted by Crippen LogP contribution is 2.44. The van der Waals surface area contributed by atoms with Gasteiger partial charge < -0.3 is 15.2 Å². The van der Waals surface area contributed by atoms with Gasteiger partial charge in [0.05, 0.1) is 5.92 Å². The summed E-state index contributed by atoms with van der Waals surface area (Å²) in [7, 11) is 0. The molecule has 2 aromatic carbocycles. The minimum absolute atomic E-state index is 0.0270. The van der Waals surface area contributed by atoms with Crippen molar-refractivity contribution in [1.29, 1.82) is 5.26 Å². The number of Topliss-reactive ketones (excluding diaryl/α,β-unsaturated/α-hetero) is 1. The predicted octanol–water partition coefficient (Wildman–Crippen LogP) is 5.46. The third-order valence-corrected chi connectivity index (χ3v) is 6.38. The molecule has 6 heteroatoms. The van der Waals surface area contributed by atoms with Crippen molar-refractivity contribution in [3.05, 3.63) is 85.9 Å². The SMILES string of the molecule is Cc1cc(C)c([C@H]2C(C#N)=C(N)OC3=C2C(=O)CCC3)cc1COc1ccc(Br)cc1. The fourth-order valence-electron chi connectivity index (χ4n) is 4.24. The van der Waals surface area contributed by atoms with E-state index in [0.717, 1.165) is 38.9 Å². The van der Waals surface area contributed by atoms with Gasteiger partial charge in [0.15, 0.2) is 5.78 Å². The lowest BCUT2D eigenvalue weighted by atomic mass is 9.75. The van der Waals surface area contributed by atoms with Crippen LogP contribution in [0, 0.1) is 25.2 Å². The molecule has 1 atom stereocenters. The molecule has 2 aliphatic rings. The number of allylic oxidation sites excluding steroid dienone is 3. The Balaban J connectivity index is 1.75. The van der Waals surface area contributed by atoms with Gasteiger partial charge in [0, 0.05) is 22.9 Å². The maximum Gasteiger partial charge on any atom is 0.205 e. The van der Waals surface area contributed by atoms with Crippen molar-refractivity contribution >= 4 is 21.7 Å². The van der Waals surface area contributed by atoms with Crippen LogP contribution in [0.25, 0.3) is 0 Å². The maximum atomic E-state index is 12.8. The molecule has 1 aliphatic heterocycles. The van der Waals surface area contributed by atoms with Crippen molar-refractivity contribution in [3.63, 3.8) is 0 Å². The molecule has 1 heterocycles. The first-order chi connectivity index (χ1) is 14.9. The van der Waals surface area contributed by atoms with E-state index < -0.39 is 5.92 Å². The molecule has 0 saturated carbocycles. The third-order valence-electron chi connectivity index (χ3n) is 5.85. The summed E-state index contributed by atoms with van der Waals surface area (Å²) < 4.78 is 12.7. The molecule has 0 bridgehead atoms. The topological polar surface area (TPSA) is 85.3 Å². The molecule has 2 aromatic rings. The van der Waals surface area contributed by atoms with Gasteiger partial charge in [-0.2, -0.15) is 5.26 Å². The number of nitriles is 1. The molecule has 4 rings (SSSR count). The summed E-state index contributed by atoms with van der Waals surface area (Å²) in [4.78, 5) is 12.8. The summed E-state index contributed by atoms with van der Waals surface area (Å²) in [5, 5.41) is 9.83. The van der Waals surface area contributed by atoms with Crippen molar-refractivity contribution in [1.82, 2.24) is 0 Å². The van der Waals surface area contributed by atoms with Crippen LogP contribution in [0.5, 0.6) is 5.75 Å². The largest absolute Gasteiger partial charge is 0.489 e. The van der Waals surface area contributed by atoms with E-state index in [1.165, 1.54) is 0 Å². The monoisotopic (exact) mass is 478 g/mol. The lowest BCUT2D eigenvalue weighted by Crippen LogP contribution is -2.28.